The van der Waals surface area contributed by atoms with Gasteiger partial charge in [0.05, 0.1) is 6.04 Å². The van der Waals surface area contributed by atoms with Gasteiger partial charge in [0.15, 0.2) is 0 Å². The molecule has 0 heterocycles. The lowest BCUT2D eigenvalue weighted by molar-refractivity contribution is -0.126. The molecule has 0 aliphatic rings. The van der Waals surface area contributed by atoms with Crippen LogP contribution in [0.1, 0.15) is 31.4 Å². The zero-order valence-corrected chi connectivity index (χ0v) is 14.3. The number of amides is 1. The van der Waals surface area contributed by atoms with E-state index in [-0.39, 0.29) is 31.0 Å². The van der Waals surface area contributed by atoms with Gasteiger partial charge in [0.25, 0.3) is 0 Å². The molecule has 3 N–H and O–H groups in total. The van der Waals surface area contributed by atoms with Crippen LogP contribution in [0.15, 0.2) is 42.5 Å². The standard InChI is InChI=1S/C18H24N2O2.ClH/c1-2-3-10-22-13-18(21)20-17(12-19)16-9-8-14-6-4-5-7-15(14)11-16;/h4-9,11,17H,2-3,10,12-13,19H2,1H3,(H,20,21);1H. The van der Waals surface area contributed by atoms with Gasteiger partial charge in [-0.3, -0.25) is 4.79 Å². The number of carbonyl (C=O) groups is 1. The molecule has 0 bridgehead atoms. The molecule has 1 amide bonds. The van der Waals surface area contributed by atoms with Gasteiger partial charge in [-0.25, -0.2) is 0 Å². The number of ether oxygens (including phenoxy) is 1. The first-order chi connectivity index (χ1) is 10.7. The van der Waals surface area contributed by atoms with Gasteiger partial charge in [-0.15, -0.1) is 12.4 Å². The Morgan fingerprint density at radius 3 is 2.65 bits per heavy atom. The van der Waals surface area contributed by atoms with Crippen molar-refractivity contribution in [3.8, 4) is 0 Å². The minimum Gasteiger partial charge on any atom is -0.372 e. The second kappa shape index (κ2) is 10.2. The Hall–Kier alpha value is -1.62. The van der Waals surface area contributed by atoms with Crippen LogP contribution in [0.5, 0.6) is 0 Å². The van der Waals surface area contributed by atoms with E-state index >= 15 is 0 Å². The number of nitrogens with two attached hydrogens (primary N) is 1. The zero-order chi connectivity index (χ0) is 15.8. The van der Waals surface area contributed by atoms with Crippen LogP contribution in [0.2, 0.25) is 0 Å². The number of hydrogen-bond acceptors (Lipinski definition) is 3. The molecule has 23 heavy (non-hydrogen) atoms. The van der Waals surface area contributed by atoms with E-state index < -0.39 is 0 Å². The van der Waals surface area contributed by atoms with Crippen LogP contribution in [-0.4, -0.2) is 25.7 Å². The monoisotopic (exact) mass is 336 g/mol. The summed E-state index contributed by atoms with van der Waals surface area (Å²) in [6.45, 7) is 3.16. The van der Waals surface area contributed by atoms with Crippen LogP contribution >= 0.6 is 12.4 Å². The third-order valence-electron chi connectivity index (χ3n) is 3.62. The summed E-state index contributed by atoms with van der Waals surface area (Å²) in [4.78, 5) is 11.9. The minimum atomic E-state index is -0.188. The van der Waals surface area contributed by atoms with Crippen molar-refractivity contribution in [2.75, 3.05) is 19.8 Å². The fraction of sp³-hybridized carbons (Fsp3) is 0.389. The smallest absolute Gasteiger partial charge is 0.246 e. The average Bonchev–Trinajstić information content (AvgIpc) is 2.56. The first-order valence-corrected chi connectivity index (χ1v) is 7.80. The summed E-state index contributed by atoms with van der Waals surface area (Å²) in [7, 11) is 0. The molecule has 0 fully saturated rings. The van der Waals surface area contributed by atoms with E-state index in [1.54, 1.807) is 0 Å². The van der Waals surface area contributed by atoms with Crippen LogP contribution < -0.4 is 11.1 Å². The lowest BCUT2D eigenvalue weighted by Crippen LogP contribution is -2.35. The van der Waals surface area contributed by atoms with Crippen molar-refractivity contribution >= 4 is 29.1 Å². The van der Waals surface area contributed by atoms with E-state index in [9.17, 15) is 4.79 Å². The third kappa shape index (κ3) is 5.82. The maximum Gasteiger partial charge on any atom is 0.246 e. The first kappa shape index (κ1) is 19.4. The summed E-state index contributed by atoms with van der Waals surface area (Å²) >= 11 is 0. The van der Waals surface area contributed by atoms with Crippen molar-refractivity contribution in [1.82, 2.24) is 5.32 Å². The average molecular weight is 337 g/mol. The highest BCUT2D eigenvalue weighted by Crippen LogP contribution is 2.20. The maximum absolute atomic E-state index is 11.9. The number of hydrogen-bond donors (Lipinski definition) is 2. The Balaban J connectivity index is 0.00000264. The molecule has 5 heteroatoms. The van der Waals surface area contributed by atoms with E-state index in [1.165, 1.54) is 5.39 Å². The number of carbonyl (C=O) groups excluding carboxylic acids is 1. The summed E-state index contributed by atoms with van der Waals surface area (Å²) < 4.78 is 5.33. The molecule has 2 rings (SSSR count). The molecule has 1 unspecified atom stereocenters. The summed E-state index contributed by atoms with van der Waals surface area (Å²) in [6, 6.07) is 14.1. The lowest BCUT2D eigenvalue weighted by Gasteiger charge is -2.18. The molecule has 0 radical (unpaired) electrons. The van der Waals surface area contributed by atoms with Crippen molar-refractivity contribution in [2.45, 2.75) is 25.8 Å². The molecule has 2 aromatic rings. The number of rotatable bonds is 8. The maximum atomic E-state index is 11.9. The number of nitrogens with one attached hydrogen (secondary N) is 1. The van der Waals surface area contributed by atoms with Crippen molar-refractivity contribution in [3.63, 3.8) is 0 Å². The van der Waals surface area contributed by atoms with E-state index in [1.807, 2.05) is 18.2 Å². The van der Waals surface area contributed by atoms with Crippen LogP contribution in [0.3, 0.4) is 0 Å². The predicted molar refractivity (Wildman–Crippen MR) is 96.9 cm³/mol. The molecule has 0 saturated heterocycles. The van der Waals surface area contributed by atoms with Crippen LogP contribution in [0.4, 0.5) is 0 Å². The van der Waals surface area contributed by atoms with E-state index in [0.717, 1.165) is 23.8 Å². The molecule has 0 aliphatic heterocycles. The van der Waals surface area contributed by atoms with Crippen molar-refractivity contribution in [2.24, 2.45) is 5.73 Å². The van der Waals surface area contributed by atoms with Gasteiger partial charge in [0.1, 0.15) is 6.61 Å². The zero-order valence-electron chi connectivity index (χ0n) is 13.5. The normalized spacial score (nSPS) is 11.7. The Bertz CT molecular complexity index is 619. The molecule has 0 saturated carbocycles. The number of fused-ring (bicyclic) bond motifs is 1. The van der Waals surface area contributed by atoms with E-state index in [0.29, 0.717) is 13.2 Å². The number of halogens is 1. The lowest BCUT2D eigenvalue weighted by atomic mass is 10.0. The van der Waals surface area contributed by atoms with Crippen molar-refractivity contribution in [3.05, 3.63) is 48.0 Å². The van der Waals surface area contributed by atoms with Crippen LogP contribution in [0, 0.1) is 0 Å². The Morgan fingerprint density at radius 1 is 1.22 bits per heavy atom. The van der Waals surface area contributed by atoms with Gasteiger partial charge in [0, 0.05) is 13.2 Å². The van der Waals surface area contributed by atoms with Crippen molar-refractivity contribution in [1.29, 1.82) is 0 Å². The highest BCUT2D eigenvalue weighted by Gasteiger charge is 2.13. The molecular formula is C18H25ClN2O2. The summed E-state index contributed by atoms with van der Waals surface area (Å²) in [5.74, 6) is -0.125. The van der Waals surface area contributed by atoms with E-state index in [2.05, 4.69) is 36.5 Å². The fourth-order valence-corrected chi connectivity index (χ4v) is 2.35. The Morgan fingerprint density at radius 2 is 1.96 bits per heavy atom. The molecule has 0 aromatic heterocycles. The SMILES string of the molecule is CCCCOCC(=O)NC(CN)c1ccc2ccccc2c1.Cl. The van der Waals surface area contributed by atoms with Crippen LogP contribution in [-0.2, 0) is 9.53 Å². The van der Waals surface area contributed by atoms with Crippen LogP contribution in [0.25, 0.3) is 10.8 Å². The number of unbranched alkanes of at least 4 members (excludes halogenated alkanes) is 1. The first-order valence-electron chi connectivity index (χ1n) is 7.80. The van der Waals surface area contributed by atoms with Gasteiger partial charge in [-0.1, -0.05) is 49.7 Å². The molecule has 126 valence electrons. The highest BCUT2D eigenvalue weighted by molar-refractivity contribution is 5.85. The summed E-state index contributed by atoms with van der Waals surface area (Å²) in [5.41, 5.74) is 6.83. The largest absolute Gasteiger partial charge is 0.372 e. The third-order valence-corrected chi connectivity index (χ3v) is 3.62. The number of benzene rings is 2. The van der Waals surface area contributed by atoms with Crippen molar-refractivity contribution < 1.29 is 9.53 Å². The fourth-order valence-electron chi connectivity index (χ4n) is 2.35. The Labute approximate surface area is 143 Å². The summed E-state index contributed by atoms with van der Waals surface area (Å²) in [6.07, 6.45) is 2.03. The van der Waals surface area contributed by atoms with Gasteiger partial charge < -0.3 is 15.8 Å². The molecule has 1 atom stereocenters. The highest BCUT2D eigenvalue weighted by atomic mass is 35.5. The topological polar surface area (TPSA) is 64.3 Å². The second-order valence-electron chi connectivity index (χ2n) is 5.37. The van der Waals surface area contributed by atoms with Gasteiger partial charge >= 0.3 is 0 Å². The van der Waals surface area contributed by atoms with Gasteiger partial charge in [-0.05, 0) is 28.8 Å². The quantitative estimate of drug-likeness (QED) is 0.728. The molecule has 0 aliphatic carbocycles. The summed E-state index contributed by atoms with van der Waals surface area (Å²) in [5, 5.41) is 5.26. The van der Waals surface area contributed by atoms with Gasteiger partial charge in [-0.2, -0.15) is 0 Å². The molecular weight excluding hydrogens is 312 g/mol. The minimum absolute atomic E-state index is 0. The molecule has 2 aromatic carbocycles. The molecule has 0 spiro atoms. The predicted octanol–water partition coefficient (Wildman–Crippen LogP) is 3.19. The molecule has 4 nitrogen and oxygen atoms in total. The van der Waals surface area contributed by atoms with Gasteiger partial charge in [0.2, 0.25) is 5.91 Å². The second-order valence-corrected chi connectivity index (χ2v) is 5.37. The Kier molecular flexibility index (Phi) is 8.62. The van der Waals surface area contributed by atoms with E-state index in [4.69, 9.17) is 10.5 Å².